The lowest BCUT2D eigenvalue weighted by atomic mass is 9.33. The van der Waals surface area contributed by atoms with Crippen molar-refractivity contribution in [2.24, 2.45) is 0 Å². The molecule has 6 aromatic carbocycles. The molecule has 11 rings (SSSR count). The minimum absolute atomic E-state index is 0.0369. The molecule has 0 unspecified atom stereocenters. The van der Waals surface area contributed by atoms with Gasteiger partial charge in [-0.3, -0.25) is 0 Å². The molecule has 5 aliphatic rings. The zero-order valence-corrected chi connectivity index (χ0v) is 42.4. The van der Waals surface area contributed by atoms with Crippen molar-refractivity contribution in [3.63, 3.8) is 0 Å². The van der Waals surface area contributed by atoms with Gasteiger partial charge in [-0.15, -0.1) is 0 Å². The number of aryl methyl sites for hydroxylation is 1. The third kappa shape index (κ3) is 6.11. The summed E-state index contributed by atoms with van der Waals surface area (Å²) in [4.78, 5) is 5.41. The van der Waals surface area contributed by atoms with Gasteiger partial charge >= 0.3 is 0 Å². The van der Waals surface area contributed by atoms with Crippen LogP contribution in [0.5, 0.6) is 0 Å². The summed E-state index contributed by atoms with van der Waals surface area (Å²) in [6.45, 7) is 39.2. The molecule has 2 heterocycles. The highest BCUT2D eigenvalue weighted by atomic mass is 15.2. The van der Waals surface area contributed by atoms with E-state index in [9.17, 15) is 0 Å². The maximum atomic E-state index is 2.75. The Morgan fingerprint density at radius 2 is 0.908 bits per heavy atom. The summed E-state index contributed by atoms with van der Waals surface area (Å²) in [6.07, 6.45) is 3.42. The number of anilines is 6. The Labute approximate surface area is 392 Å². The Morgan fingerprint density at radius 3 is 1.49 bits per heavy atom. The molecule has 2 nitrogen and oxygen atoms in total. The first-order chi connectivity index (χ1) is 30.2. The van der Waals surface area contributed by atoms with E-state index >= 15 is 0 Å². The Bertz CT molecular complexity index is 3020. The second-order valence-electron chi connectivity index (χ2n) is 26.1. The van der Waals surface area contributed by atoms with Crippen molar-refractivity contribution >= 4 is 57.2 Å². The van der Waals surface area contributed by atoms with Gasteiger partial charge in [-0.25, -0.2) is 0 Å². The average molecular weight is 855 g/mol. The molecule has 0 atom stereocenters. The van der Waals surface area contributed by atoms with Crippen molar-refractivity contribution in [3.8, 4) is 11.1 Å². The normalized spacial score (nSPS) is 20.5. The quantitative estimate of drug-likeness (QED) is 0.163. The van der Waals surface area contributed by atoms with Gasteiger partial charge in [0.1, 0.15) is 0 Å². The Morgan fingerprint density at radius 1 is 0.415 bits per heavy atom. The van der Waals surface area contributed by atoms with Crippen molar-refractivity contribution in [3.05, 3.63) is 148 Å². The monoisotopic (exact) mass is 855 g/mol. The molecule has 332 valence electrons. The largest absolute Gasteiger partial charge is 0.311 e. The molecule has 0 spiro atoms. The fraction of sp³-hybridized carbons (Fsp3) is 0.419. The lowest BCUT2D eigenvalue weighted by Crippen LogP contribution is -2.61. The van der Waals surface area contributed by atoms with Crippen LogP contribution < -0.4 is 26.2 Å². The third-order valence-electron chi connectivity index (χ3n) is 17.0. The van der Waals surface area contributed by atoms with Gasteiger partial charge in [0.05, 0.1) is 0 Å². The van der Waals surface area contributed by atoms with Crippen molar-refractivity contribution in [2.75, 3.05) is 9.80 Å². The van der Waals surface area contributed by atoms with E-state index in [1.54, 1.807) is 0 Å². The highest BCUT2D eigenvalue weighted by Gasteiger charge is 2.50. The molecule has 0 bridgehead atoms. The van der Waals surface area contributed by atoms with Crippen LogP contribution >= 0.6 is 0 Å². The number of nitrogens with zero attached hydrogens (tertiary/aromatic N) is 2. The fourth-order valence-electron chi connectivity index (χ4n) is 14.7. The Balaban J connectivity index is 1.28. The molecule has 65 heavy (non-hydrogen) atoms. The van der Waals surface area contributed by atoms with E-state index in [2.05, 4.69) is 224 Å². The average Bonchev–Trinajstić information content (AvgIpc) is 3.61. The second kappa shape index (κ2) is 13.1. The predicted octanol–water partition coefficient (Wildman–Crippen LogP) is 14.9. The van der Waals surface area contributed by atoms with Crippen LogP contribution in [-0.2, 0) is 37.9 Å². The second-order valence-corrected chi connectivity index (χ2v) is 26.1. The predicted molar refractivity (Wildman–Crippen MR) is 281 cm³/mol. The first-order valence-corrected chi connectivity index (χ1v) is 24.7. The molecule has 0 N–H and O–H groups in total. The molecule has 0 amide bonds. The standard InChI is InChI=1S/C62H71BN2/c1-37-26-43-46(61(13,14)35-58(43,7)8)32-51(37)65-52-33-47-45(60(11,12)36-62(47,15)16)31-49(52)63-48-27-39(38-20-18-17-19-21-38)22-25-50(48)64(53-28-40(56(2,3)4)29-54(65)55(53)63)41-23-24-42-44(30-41)59(9,10)34-57(42,5)6/h17-33H,34-36H2,1-16H3. The lowest BCUT2D eigenvalue weighted by molar-refractivity contribution is 0.402. The summed E-state index contributed by atoms with van der Waals surface area (Å²) < 4.78 is 0. The summed E-state index contributed by atoms with van der Waals surface area (Å²) in [5, 5.41) is 0. The van der Waals surface area contributed by atoms with Gasteiger partial charge in [-0.1, -0.05) is 165 Å². The summed E-state index contributed by atoms with van der Waals surface area (Å²) in [7, 11) is 0. The third-order valence-corrected chi connectivity index (χ3v) is 17.0. The smallest absolute Gasteiger partial charge is 0.252 e. The van der Waals surface area contributed by atoms with Crippen molar-refractivity contribution in [1.29, 1.82) is 0 Å². The van der Waals surface area contributed by atoms with Crippen molar-refractivity contribution in [2.45, 2.75) is 168 Å². The van der Waals surface area contributed by atoms with Crippen molar-refractivity contribution < 1.29 is 0 Å². The first-order valence-electron chi connectivity index (χ1n) is 24.7. The number of rotatable bonds is 3. The lowest BCUT2D eigenvalue weighted by Gasteiger charge is -2.46. The van der Waals surface area contributed by atoms with Gasteiger partial charge < -0.3 is 9.80 Å². The molecular weight excluding hydrogens is 784 g/mol. The van der Waals surface area contributed by atoms with Gasteiger partial charge in [-0.05, 0) is 179 Å². The molecule has 2 aliphatic heterocycles. The van der Waals surface area contributed by atoms with Crippen LogP contribution in [-0.4, -0.2) is 6.71 Å². The number of hydrogen-bond donors (Lipinski definition) is 0. The van der Waals surface area contributed by atoms with E-state index in [0.717, 1.165) is 19.3 Å². The summed E-state index contributed by atoms with van der Waals surface area (Å²) in [5.41, 5.74) is 26.7. The maximum absolute atomic E-state index is 2.75. The first kappa shape index (κ1) is 42.6. The topological polar surface area (TPSA) is 6.48 Å². The van der Waals surface area contributed by atoms with Crippen LogP contribution in [0.25, 0.3) is 11.1 Å². The number of hydrogen-bond acceptors (Lipinski definition) is 2. The molecule has 3 aliphatic carbocycles. The Hall–Kier alpha value is -5.02. The molecule has 0 saturated carbocycles. The van der Waals surface area contributed by atoms with Crippen LogP contribution in [0.4, 0.5) is 34.1 Å². The van der Waals surface area contributed by atoms with Crippen LogP contribution in [0.15, 0.2) is 103 Å². The van der Waals surface area contributed by atoms with Crippen molar-refractivity contribution in [1.82, 2.24) is 0 Å². The maximum Gasteiger partial charge on any atom is 0.252 e. The summed E-state index contributed by atoms with van der Waals surface area (Å²) >= 11 is 0. The van der Waals surface area contributed by atoms with E-state index in [-0.39, 0.29) is 44.6 Å². The Kier molecular flexibility index (Phi) is 8.60. The van der Waals surface area contributed by atoms with Crippen LogP contribution in [0, 0.1) is 6.92 Å². The molecule has 6 aromatic rings. The van der Waals surface area contributed by atoms with Crippen LogP contribution in [0.2, 0.25) is 0 Å². The molecule has 0 saturated heterocycles. The molecule has 0 radical (unpaired) electrons. The molecule has 3 heteroatoms. The zero-order chi connectivity index (χ0) is 46.3. The molecule has 0 fully saturated rings. The fourth-order valence-corrected chi connectivity index (χ4v) is 14.7. The van der Waals surface area contributed by atoms with E-state index in [4.69, 9.17) is 0 Å². The van der Waals surface area contributed by atoms with Gasteiger partial charge in [-0.2, -0.15) is 0 Å². The van der Waals surface area contributed by atoms with Gasteiger partial charge in [0.15, 0.2) is 0 Å². The highest BCUT2D eigenvalue weighted by Crippen LogP contribution is 2.57. The van der Waals surface area contributed by atoms with Crippen LogP contribution in [0.1, 0.15) is 168 Å². The van der Waals surface area contributed by atoms with E-state index in [1.807, 2.05) is 0 Å². The minimum Gasteiger partial charge on any atom is -0.311 e. The van der Waals surface area contributed by atoms with Gasteiger partial charge in [0.2, 0.25) is 0 Å². The number of benzene rings is 6. The van der Waals surface area contributed by atoms with E-state index < -0.39 is 0 Å². The van der Waals surface area contributed by atoms with Gasteiger partial charge in [0.25, 0.3) is 6.71 Å². The zero-order valence-electron chi connectivity index (χ0n) is 42.4. The van der Waals surface area contributed by atoms with E-state index in [1.165, 1.54) is 106 Å². The van der Waals surface area contributed by atoms with E-state index in [0.29, 0.717) is 0 Å². The minimum atomic E-state index is -0.0943. The van der Waals surface area contributed by atoms with Crippen LogP contribution in [0.3, 0.4) is 0 Å². The highest BCUT2D eigenvalue weighted by molar-refractivity contribution is 7.00. The SMILES string of the molecule is Cc1cc2c(cc1N1c3cc4c(cc3B3c5cc(-c6ccccc6)ccc5N(c5ccc6c(c5)C(C)(C)CC6(C)C)c5cc(C(C)(C)C)cc1c53)C(C)(C)CC4(C)C)C(C)(C)CC2(C)C. The number of fused-ring (bicyclic) bond motifs is 7. The van der Waals surface area contributed by atoms with Gasteiger partial charge in [0, 0.05) is 34.1 Å². The summed E-state index contributed by atoms with van der Waals surface area (Å²) in [6, 6.07) is 41.6. The molecular formula is C62H71BN2. The molecule has 0 aromatic heterocycles. The summed E-state index contributed by atoms with van der Waals surface area (Å²) in [5.74, 6) is 0.